The molecule has 4 aromatic rings. The number of rotatable bonds is 16. The summed E-state index contributed by atoms with van der Waals surface area (Å²) in [6.45, 7) is 11.3. The van der Waals surface area contributed by atoms with Crippen molar-refractivity contribution in [2.24, 2.45) is 11.7 Å². The predicted octanol–water partition coefficient (Wildman–Crippen LogP) is 7.67. The molecule has 1 aliphatic rings. The minimum atomic E-state index is -0.671. The van der Waals surface area contributed by atoms with E-state index in [2.05, 4.69) is 43.0 Å². The van der Waals surface area contributed by atoms with E-state index in [9.17, 15) is 9.59 Å². The first kappa shape index (κ1) is 36.2. The number of unbranched alkanes of at least 4 members (excludes halogenated alkanes) is 4. The molecule has 1 saturated heterocycles. The van der Waals surface area contributed by atoms with E-state index in [1.54, 1.807) is 0 Å². The number of ether oxygens (including phenoxy) is 1. The van der Waals surface area contributed by atoms with Gasteiger partial charge < -0.3 is 20.7 Å². The van der Waals surface area contributed by atoms with Crippen LogP contribution in [-0.2, 0) is 16.6 Å². The molecule has 3 N–H and O–H groups in total. The van der Waals surface area contributed by atoms with Gasteiger partial charge in [0.1, 0.15) is 11.8 Å². The maximum atomic E-state index is 13.6. The third-order valence-corrected chi connectivity index (χ3v) is 10.5. The molecule has 8 nitrogen and oxygen atoms in total. The first-order valence-electron chi connectivity index (χ1n) is 17.7. The molecule has 1 aliphatic heterocycles. The van der Waals surface area contributed by atoms with Crippen molar-refractivity contribution in [3.05, 3.63) is 88.4 Å². The van der Waals surface area contributed by atoms with Crippen molar-refractivity contribution in [1.29, 1.82) is 0 Å². The summed E-state index contributed by atoms with van der Waals surface area (Å²) in [7, 11) is 0. The number of nitrogens with zero attached hydrogens (tertiary/aromatic N) is 3. The Morgan fingerprint density at radius 2 is 1.59 bits per heavy atom. The highest BCUT2D eigenvalue weighted by Crippen LogP contribution is 2.30. The smallest absolute Gasteiger partial charge is 0.262 e. The summed E-state index contributed by atoms with van der Waals surface area (Å²) in [5.41, 5.74) is 9.48. The largest absolute Gasteiger partial charge is 0.494 e. The van der Waals surface area contributed by atoms with Crippen LogP contribution in [0.5, 0.6) is 5.75 Å². The molecule has 2 aromatic carbocycles. The van der Waals surface area contributed by atoms with Crippen molar-refractivity contribution in [2.75, 3.05) is 26.2 Å². The van der Waals surface area contributed by atoms with E-state index in [4.69, 9.17) is 10.5 Å². The number of likely N-dealkylation sites (tertiary alicyclic amines) is 1. The molecule has 5 rings (SSSR count). The number of amides is 2. The molecule has 1 atom stereocenters. The second-order valence-corrected chi connectivity index (χ2v) is 15.2. The van der Waals surface area contributed by atoms with Crippen molar-refractivity contribution in [2.45, 2.75) is 84.1 Å². The van der Waals surface area contributed by atoms with Crippen molar-refractivity contribution >= 4 is 23.2 Å². The van der Waals surface area contributed by atoms with E-state index >= 15 is 0 Å². The molecule has 1 unspecified atom stereocenters. The summed E-state index contributed by atoms with van der Waals surface area (Å²) in [6, 6.07) is 19.2. The van der Waals surface area contributed by atoms with Crippen molar-refractivity contribution in [1.82, 2.24) is 20.2 Å². The zero-order valence-corrected chi connectivity index (χ0v) is 30.2. The van der Waals surface area contributed by atoms with Crippen molar-refractivity contribution in [3.8, 4) is 28.3 Å². The van der Waals surface area contributed by atoms with Gasteiger partial charge in [0.05, 0.1) is 11.5 Å². The quantitative estimate of drug-likeness (QED) is 0.118. The average molecular weight is 682 g/mol. The highest BCUT2D eigenvalue weighted by molar-refractivity contribution is 7.14. The van der Waals surface area contributed by atoms with Gasteiger partial charge in [-0.15, -0.1) is 11.3 Å². The van der Waals surface area contributed by atoms with Gasteiger partial charge in [0.2, 0.25) is 5.91 Å². The predicted molar refractivity (Wildman–Crippen MR) is 199 cm³/mol. The minimum absolute atomic E-state index is 0.0481. The van der Waals surface area contributed by atoms with Gasteiger partial charge in [-0.05, 0) is 66.1 Å². The molecule has 49 heavy (non-hydrogen) atoms. The maximum Gasteiger partial charge on any atom is 0.262 e. The van der Waals surface area contributed by atoms with Crippen LogP contribution in [0.2, 0.25) is 0 Å². The molecule has 3 heterocycles. The zero-order chi connectivity index (χ0) is 34.8. The number of hydrogen-bond donors (Lipinski definition) is 2. The topological polar surface area (TPSA) is 110 Å². The fourth-order valence-electron chi connectivity index (χ4n) is 5.97. The lowest BCUT2D eigenvalue weighted by Gasteiger charge is -2.41. The first-order chi connectivity index (χ1) is 23.6. The van der Waals surface area contributed by atoms with Crippen LogP contribution in [0.1, 0.15) is 86.3 Å². The average Bonchev–Trinajstić information content (AvgIpc) is 3.60. The lowest BCUT2D eigenvalue weighted by atomic mass is 9.94. The van der Waals surface area contributed by atoms with Gasteiger partial charge in [0.25, 0.3) is 5.91 Å². The van der Waals surface area contributed by atoms with Gasteiger partial charge in [-0.3, -0.25) is 9.59 Å². The highest BCUT2D eigenvalue weighted by atomic mass is 32.1. The SMILES string of the molecule is CCCCCCCOc1ccc(-c2cnc(-c3ccc(CC(NC(=O)c4ccc(C(C)(C)C)s4)C(=O)N4CC(CCN)C4)cc3)nc2)cc1. The molecule has 0 saturated carbocycles. The van der Waals surface area contributed by atoms with E-state index in [1.165, 1.54) is 37.0 Å². The molecule has 2 aromatic heterocycles. The van der Waals surface area contributed by atoms with Crippen LogP contribution in [0.15, 0.2) is 73.1 Å². The number of hydrogen-bond acceptors (Lipinski definition) is 7. The van der Waals surface area contributed by atoms with E-state index < -0.39 is 6.04 Å². The zero-order valence-electron chi connectivity index (χ0n) is 29.4. The van der Waals surface area contributed by atoms with Crippen LogP contribution in [0, 0.1) is 5.92 Å². The van der Waals surface area contributed by atoms with Crippen molar-refractivity contribution < 1.29 is 14.3 Å². The second kappa shape index (κ2) is 17.0. The normalized spacial score (nSPS) is 13.9. The number of benzene rings is 2. The molecule has 1 fully saturated rings. The standard InChI is InChI=1S/C40H51N5O3S/c1-5-6-7-8-9-22-48-33-16-14-30(15-17-33)32-24-42-37(43-25-32)31-12-10-28(11-13-31)23-34(39(47)45-26-29(27-45)20-21-41)44-38(46)35-18-19-36(49-35)40(2,3)4/h10-19,24-25,29,34H,5-9,20-23,26-27,41H2,1-4H3,(H,44,46). The Balaban J connectivity index is 1.21. The van der Waals surface area contributed by atoms with Gasteiger partial charge >= 0.3 is 0 Å². The fourth-order valence-corrected chi connectivity index (χ4v) is 6.94. The third kappa shape index (κ3) is 9.98. The Labute approximate surface area is 295 Å². The number of nitrogens with two attached hydrogens (primary N) is 1. The lowest BCUT2D eigenvalue weighted by molar-refractivity contribution is -0.139. The third-order valence-electron chi connectivity index (χ3n) is 9.02. The molecule has 2 amide bonds. The van der Waals surface area contributed by atoms with Crippen LogP contribution in [0.4, 0.5) is 0 Å². The fraction of sp³-hybridized carbons (Fsp3) is 0.450. The molecule has 0 radical (unpaired) electrons. The molecular formula is C40H51N5O3S. The summed E-state index contributed by atoms with van der Waals surface area (Å²) in [5, 5.41) is 3.06. The van der Waals surface area contributed by atoms with Gasteiger partial charge in [-0.25, -0.2) is 9.97 Å². The number of nitrogens with one attached hydrogen (secondary N) is 1. The summed E-state index contributed by atoms with van der Waals surface area (Å²) in [6.07, 6.45) is 11.1. The number of carbonyl (C=O) groups excluding carboxylic acids is 2. The first-order valence-corrected chi connectivity index (χ1v) is 18.5. The van der Waals surface area contributed by atoms with E-state index in [1.807, 2.05) is 78.0 Å². The Kier molecular flexibility index (Phi) is 12.6. The minimum Gasteiger partial charge on any atom is -0.494 e. The Bertz CT molecular complexity index is 1640. The lowest BCUT2D eigenvalue weighted by Crippen LogP contribution is -2.57. The van der Waals surface area contributed by atoms with Crippen LogP contribution < -0.4 is 15.8 Å². The van der Waals surface area contributed by atoms with Crippen LogP contribution in [0.3, 0.4) is 0 Å². The Hall–Kier alpha value is -4.08. The number of carbonyl (C=O) groups is 2. The summed E-state index contributed by atoms with van der Waals surface area (Å²) >= 11 is 1.48. The monoisotopic (exact) mass is 681 g/mol. The number of thiophene rings is 1. The van der Waals surface area contributed by atoms with E-state index in [0.29, 0.717) is 42.7 Å². The van der Waals surface area contributed by atoms with Gasteiger partial charge in [0.15, 0.2) is 5.82 Å². The van der Waals surface area contributed by atoms with E-state index in [0.717, 1.165) is 52.3 Å². The molecular weight excluding hydrogens is 631 g/mol. The maximum absolute atomic E-state index is 13.6. The Morgan fingerprint density at radius 1 is 0.918 bits per heavy atom. The van der Waals surface area contributed by atoms with Gasteiger partial charge in [-0.2, -0.15) is 0 Å². The van der Waals surface area contributed by atoms with Gasteiger partial charge in [-0.1, -0.05) is 89.8 Å². The van der Waals surface area contributed by atoms with Crippen LogP contribution >= 0.6 is 11.3 Å². The molecule has 0 spiro atoms. The molecule has 0 bridgehead atoms. The summed E-state index contributed by atoms with van der Waals surface area (Å²) < 4.78 is 5.91. The van der Waals surface area contributed by atoms with Crippen LogP contribution in [-0.4, -0.2) is 59.0 Å². The Morgan fingerprint density at radius 3 is 2.22 bits per heavy atom. The van der Waals surface area contributed by atoms with E-state index in [-0.39, 0.29) is 17.2 Å². The second-order valence-electron chi connectivity index (χ2n) is 14.1. The van der Waals surface area contributed by atoms with Crippen LogP contribution in [0.25, 0.3) is 22.5 Å². The number of aromatic nitrogens is 2. The van der Waals surface area contributed by atoms with Gasteiger partial charge in [0, 0.05) is 47.9 Å². The summed E-state index contributed by atoms with van der Waals surface area (Å²) in [4.78, 5) is 39.8. The van der Waals surface area contributed by atoms with Crippen molar-refractivity contribution in [3.63, 3.8) is 0 Å². The molecule has 9 heteroatoms. The summed E-state index contributed by atoms with van der Waals surface area (Å²) in [5.74, 6) is 1.65. The highest BCUT2D eigenvalue weighted by Gasteiger charge is 2.35. The molecule has 0 aliphatic carbocycles. The molecule has 260 valence electrons.